The van der Waals surface area contributed by atoms with E-state index < -0.39 is 5.91 Å². The fraction of sp³-hybridized carbons (Fsp3) is 0.333. The maximum Gasteiger partial charge on any atom is 0.223 e. The molecule has 17 heavy (non-hydrogen) atoms. The molecule has 1 aromatic carbocycles. The van der Waals surface area contributed by atoms with Gasteiger partial charge in [-0.05, 0) is 17.7 Å². The highest BCUT2D eigenvalue weighted by atomic mass is 16.2. The van der Waals surface area contributed by atoms with Crippen LogP contribution in [-0.2, 0) is 16.1 Å². The van der Waals surface area contributed by atoms with Crippen LogP contribution < -0.4 is 11.5 Å². The maximum absolute atomic E-state index is 11.7. The molecule has 2 rings (SSSR count). The van der Waals surface area contributed by atoms with Crippen LogP contribution in [0.2, 0.25) is 0 Å². The molecule has 5 nitrogen and oxygen atoms in total. The molecule has 1 fully saturated rings. The van der Waals surface area contributed by atoms with Gasteiger partial charge in [-0.2, -0.15) is 0 Å². The molecule has 0 aliphatic carbocycles. The van der Waals surface area contributed by atoms with Gasteiger partial charge in [0.15, 0.2) is 0 Å². The van der Waals surface area contributed by atoms with Crippen molar-refractivity contribution in [3.63, 3.8) is 0 Å². The minimum absolute atomic E-state index is 0.0313. The molecule has 1 aliphatic heterocycles. The van der Waals surface area contributed by atoms with E-state index in [0.29, 0.717) is 18.8 Å². The fourth-order valence-electron chi connectivity index (χ4n) is 2.03. The summed E-state index contributed by atoms with van der Waals surface area (Å²) in [5, 5.41) is 0. The second-order valence-corrected chi connectivity index (χ2v) is 4.32. The molecule has 1 heterocycles. The summed E-state index contributed by atoms with van der Waals surface area (Å²) in [6.07, 6.45) is 0.220. The van der Waals surface area contributed by atoms with E-state index >= 15 is 0 Å². The Hall–Kier alpha value is -2.04. The predicted molar refractivity (Wildman–Crippen MR) is 63.6 cm³/mol. The Bertz CT molecular complexity index is 459. The van der Waals surface area contributed by atoms with Crippen LogP contribution in [0.1, 0.15) is 12.0 Å². The van der Waals surface area contributed by atoms with Crippen LogP contribution in [0.3, 0.4) is 0 Å². The number of hydrogen-bond acceptors (Lipinski definition) is 3. The van der Waals surface area contributed by atoms with Crippen LogP contribution in [0.25, 0.3) is 0 Å². The molecule has 1 aliphatic rings. The molecule has 5 heteroatoms. The van der Waals surface area contributed by atoms with Crippen LogP contribution in [0.5, 0.6) is 0 Å². The Balaban J connectivity index is 2.05. The number of carbonyl (C=O) groups is 2. The van der Waals surface area contributed by atoms with Crippen LogP contribution in [-0.4, -0.2) is 23.3 Å². The van der Waals surface area contributed by atoms with Gasteiger partial charge < -0.3 is 16.4 Å². The Kier molecular flexibility index (Phi) is 2.99. The van der Waals surface area contributed by atoms with Crippen LogP contribution >= 0.6 is 0 Å². The molecule has 2 amide bonds. The first-order chi connectivity index (χ1) is 8.06. The number of benzene rings is 1. The fourth-order valence-corrected chi connectivity index (χ4v) is 2.03. The quantitative estimate of drug-likeness (QED) is 0.726. The van der Waals surface area contributed by atoms with Crippen molar-refractivity contribution < 1.29 is 9.59 Å². The second kappa shape index (κ2) is 4.45. The van der Waals surface area contributed by atoms with Gasteiger partial charge in [-0.25, -0.2) is 0 Å². The van der Waals surface area contributed by atoms with E-state index in [1.54, 1.807) is 11.0 Å². The van der Waals surface area contributed by atoms with Gasteiger partial charge in [0, 0.05) is 25.2 Å². The van der Waals surface area contributed by atoms with Crippen molar-refractivity contribution in [3.8, 4) is 0 Å². The number of hydrogen-bond donors (Lipinski definition) is 2. The summed E-state index contributed by atoms with van der Waals surface area (Å²) >= 11 is 0. The molecule has 0 bridgehead atoms. The third-order valence-corrected chi connectivity index (χ3v) is 2.94. The van der Waals surface area contributed by atoms with E-state index in [9.17, 15) is 9.59 Å². The summed E-state index contributed by atoms with van der Waals surface area (Å²) in [5.74, 6) is -0.798. The van der Waals surface area contributed by atoms with Crippen molar-refractivity contribution >= 4 is 17.5 Å². The van der Waals surface area contributed by atoms with Gasteiger partial charge in [-0.3, -0.25) is 9.59 Å². The van der Waals surface area contributed by atoms with E-state index in [4.69, 9.17) is 11.5 Å². The Morgan fingerprint density at radius 2 is 2.24 bits per heavy atom. The largest absolute Gasteiger partial charge is 0.399 e. The van der Waals surface area contributed by atoms with Gasteiger partial charge in [0.1, 0.15) is 0 Å². The topological polar surface area (TPSA) is 89.4 Å². The molecule has 0 spiro atoms. The van der Waals surface area contributed by atoms with E-state index in [-0.39, 0.29) is 18.2 Å². The molecule has 4 N–H and O–H groups in total. The highest BCUT2D eigenvalue weighted by Gasteiger charge is 2.32. The number of amides is 2. The summed E-state index contributed by atoms with van der Waals surface area (Å²) < 4.78 is 0. The number of nitrogen functional groups attached to an aromatic ring is 1. The van der Waals surface area contributed by atoms with E-state index in [1.807, 2.05) is 18.2 Å². The smallest absolute Gasteiger partial charge is 0.223 e. The van der Waals surface area contributed by atoms with E-state index in [1.165, 1.54) is 0 Å². The van der Waals surface area contributed by atoms with Gasteiger partial charge in [-0.1, -0.05) is 12.1 Å². The van der Waals surface area contributed by atoms with Crippen molar-refractivity contribution in [1.82, 2.24) is 4.90 Å². The lowest BCUT2D eigenvalue weighted by Gasteiger charge is -2.16. The zero-order valence-corrected chi connectivity index (χ0v) is 9.43. The minimum atomic E-state index is -0.409. The summed E-state index contributed by atoms with van der Waals surface area (Å²) in [6.45, 7) is 0.886. The van der Waals surface area contributed by atoms with Gasteiger partial charge in [0.2, 0.25) is 11.8 Å². The van der Waals surface area contributed by atoms with Crippen LogP contribution in [0, 0.1) is 5.92 Å². The van der Waals surface area contributed by atoms with Gasteiger partial charge in [0.05, 0.1) is 5.92 Å². The zero-order valence-electron chi connectivity index (χ0n) is 9.43. The summed E-state index contributed by atoms with van der Waals surface area (Å²) in [5.41, 5.74) is 12.5. The summed E-state index contributed by atoms with van der Waals surface area (Å²) in [6, 6.07) is 7.37. The highest BCUT2D eigenvalue weighted by molar-refractivity contribution is 5.88. The molecule has 0 radical (unpaired) electrons. The van der Waals surface area contributed by atoms with Crippen molar-refractivity contribution in [2.75, 3.05) is 12.3 Å². The number of nitrogens with zero attached hydrogens (tertiary/aromatic N) is 1. The second-order valence-electron chi connectivity index (χ2n) is 4.32. The maximum atomic E-state index is 11.7. The van der Waals surface area contributed by atoms with Crippen LogP contribution in [0.15, 0.2) is 24.3 Å². The number of primary amides is 1. The Morgan fingerprint density at radius 1 is 1.47 bits per heavy atom. The van der Waals surface area contributed by atoms with Gasteiger partial charge in [0.25, 0.3) is 0 Å². The third kappa shape index (κ3) is 2.55. The molecular formula is C12H15N3O2. The standard InChI is InChI=1S/C12H15N3O2/c13-10-3-1-2-8(4-10)6-15-7-9(12(14)17)5-11(15)16/h1-4,9H,5-7,13H2,(H2,14,17). The van der Waals surface area contributed by atoms with Crippen molar-refractivity contribution in [2.45, 2.75) is 13.0 Å². The average molecular weight is 233 g/mol. The lowest BCUT2D eigenvalue weighted by atomic mass is 10.1. The van der Waals surface area contributed by atoms with Gasteiger partial charge >= 0.3 is 0 Å². The monoisotopic (exact) mass is 233 g/mol. The predicted octanol–water partition coefficient (Wildman–Crippen LogP) is 0.103. The molecule has 0 saturated carbocycles. The van der Waals surface area contributed by atoms with Crippen molar-refractivity contribution in [3.05, 3.63) is 29.8 Å². The third-order valence-electron chi connectivity index (χ3n) is 2.94. The lowest BCUT2D eigenvalue weighted by Crippen LogP contribution is -2.28. The first kappa shape index (κ1) is 11.4. The molecule has 1 aromatic rings. The lowest BCUT2D eigenvalue weighted by molar-refractivity contribution is -0.128. The first-order valence-corrected chi connectivity index (χ1v) is 5.48. The van der Waals surface area contributed by atoms with Crippen LogP contribution in [0.4, 0.5) is 5.69 Å². The van der Waals surface area contributed by atoms with Crippen molar-refractivity contribution in [1.29, 1.82) is 0 Å². The Labute approximate surface area is 99.4 Å². The Morgan fingerprint density at radius 3 is 2.82 bits per heavy atom. The zero-order chi connectivity index (χ0) is 12.4. The molecule has 1 unspecified atom stereocenters. The van der Waals surface area contributed by atoms with E-state index in [0.717, 1.165) is 5.56 Å². The molecule has 90 valence electrons. The number of anilines is 1. The number of likely N-dealkylation sites (tertiary alicyclic amines) is 1. The highest BCUT2D eigenvalue weighted by Crippen LogP contribution is 2.20. The number of nitrogens with two attached hydrogens (primary N) is 2. The number of rotatable bonds is 3. The normalized spacial score (nSPS) is 19.6. The van der Waals surface area contributed by atoms with Gasteiger partial charge in [-0.15, -0.1) is 0 Å². The van der Waals surface area contributed by atoms with E-state index in [2.05, 4.69) is 0 Å². The number of carbonyl (C=O) groups excluding carboxylic acids is 2. The SMILES string of the molecule is NC(=O)C1CC(=O)N(Cc2cccc(N)c2)C1. The summed E-state index contributed by atoms with van der Waals surface area (Å²) in [4.78, 5) is 24.3. The molecule has 1 atom stereocenters. The molecular weight excluding hydrogens is 218 g/mol. The minimum Gasteiger partial charge on any atom is -0.399 e. The van der Waals surface area contributed by atoms with Crippen molar-refractivity contribution in [2.24, 2.45) is 11.7 Å². The molecule has 0 aromatic heterocycles. The average Bonchev–Trinajstić information content (AvgIpc) is 2.61. The molecule has 1 saturated heterocycles. The first-order valence-electron chi connectivity index (χ1n) is 5.48. The summed E-state index contributed by atoms with van der Waals surface area (Å²) in [7, 11) is 0.